The average Bonchev–Trinajstić information content (AvgIpc) is 3.08. The van der Waals surface area contributed by atoms with E-state index in [4.69, 9.17) is 4.74 Å². The van der Waals surface area contributed by atoms with Crippen LogP contribution in [-0.4, -0.2) is 61.3 Å². The first kappa shape index (κ1) is 17.4. The van der Waals surface area contributed by atoms with Crippen LogP contribution in [0.25, 0.3) is 0 Å². The van der Waals surface area contributed by atoms with Crippen molar-refractivity contribution >= 4 is 16.7 Å². The molecule has 1 aromatic rings. The Balaban J connectivity index is 1.95. The van der Waals surface area contributed by atoms with Crippen molar-refractivity contribution in [3.63, 3.8) is 0 Å². The van der Waals surface area contributed by atoms with Crippen LogP contribution in [0.15, 0.2) is 18.3 Å². The molecule has 1 saturated carbocycles. The van der Waals surface area contributed by atoms with Gasteiger partial charge in [0.25, 0.3) is 6.47 Å². The van der Waals surface area contributed by atoms with Crippen molar-refractivity contribution in [1.82, 2.24) is 13.2 Å². The molecular formula is C16H25N3O4S. The molecule has 2 fully saturated rings. The van der Waals surface area contributed by atoms with E-state index in [1.54, 1.807) is 18.3 Å². The maximum Gasteiger partial charge on any atom is 0.307 e. The summed E-state index contributed by atoms with van der Waals surface area (Å²) in [5.74, 6) is 0. The van der Waals surface area contributed by atoms with Gasteiger partial charge in [-0.05, 0) is 44.9 Å². The van der Waals surface area contributed by atoms with Gasteiger partial charge in [0, 0.05) is 32.4 Å². The van der Waals surface area contributed by atoms with Gasteiger partial charge in [-0.25, -0.2) is 3.97 Å². The molecule has 1 saturated heterocycles. The Kier molecular flexibility index (Phi) is 4.98. The van der Waals surface area contributed by atoms with Crippen LogP contribution >= 0.6 is 0 Å². The highest BCUT2D eigenvalue weighted by Gasteiger charge is 2.41. The van der Waals surface area contributed by atoms with E-state index in [9.17, 15) is 13.2 Å². The summed E-state index contributed by atoms with van der Waals surface area (Å²) in [6.45, 7) is 2.82. The summed E-state index contributed by atoms with van der Waals surface area (Å²) in [4.78, 5) is 13.2. The Morgan fingerprint density at radius 2 is 1.79 bits per heavy atom. The number of hydrogen-bond donors (Lipinski definition) is 0. The van der Waals surface area contributed by atoms with Gasteiger partial charge in [-0.3, -0.25) is 4.79 Å². The second kappa shape index (κ2) is 6.85. The summed E-state index contributed by atoms with van der Waals surface area (Å²) >= 11 is 0. The lowest BCUT2D eigenvalue weighted by Gasteiger charge is -2.37. The predicted octanol–water partition coefficient (Wildman–Crippen LogP) is 1.16. The fourth-order valence-corrected chi connectivity index (χ4v) is 5.29. The Hall–Kier alpha value is -1.38. The first-order valence-corrected chi connectivity index (χ1v) is 9.88. The molecule has 0 amide bonds. The molecule has 0 N–H and O–H groups in total. The van der Waals surface area contributed by atoms with Crippen LogP contribution in [0, 0.1) is 0 Å². The number of likely N-dealkylation sites (N-methyl/N-ethyl adjacent to an activating group) is 1. The number of aromatic nitrogens is 1. The van der Waals surface area contributed by atoms with Gasteiger partial charge in [0.05, 0.1) is 5.69 Å². The number of ether oxygens (including phenoxy) is 1. The van der Waals surface area contributed by atoms with Gasteiger partial charge in [0.2, 0.25) is 0 Å². The Morgan fingerprint density at radius 1 is 1.12 bits per heavy atom. The Bertz CT molecular complexity index is 671. The lowest BCUT2D eigenvalue weighted by Crippen LogP contribution is -2.49. The van der Waals surface area contributed by atoms with E-state index in [-0.39, 0.29) is 0 Å². The lowest BCUT2D eigenvalue weighted by atomic mass is 9.82. The molecule has 2 aliphatic rings. The number of rotatable bonds is 5. The molecule has 7 nitrogen and oxygen atoms in total. The van der Waals surface area contributed by atoms with Gasteiger partial charge in [0.15, 0.2) is 5.60 Å². The smallest absolute Gasteiger partial charge is 0.307 e. The molecule has 0 spiro atoms. The van der Waals surface area contributed by atoms with Crippen LogP contribution in [0.5, 0.6) is 0 Å². The molecule has 1 aliphatic carbocycles. The summed E-state index contributed by atoms with van der Waals surface area (Å²) in [7, 11) is -1.67. The van der Waals surface area contributed by atoms with E-state index in [2.05, 4.69) is 4.90 Å². The van der Waals surface area contributed by atoms with E-state index in [1.807, 2.05) is 7.05 Å². The number of carbonyl (C=O) groups is 1. The van der Waals surface area contributed by atoms with E-state index in [0.717, 1.165) is 19.3 Å². The molecule has 1 aliphatic heterocycles. The number of piperazine rings is 1. The van der Waals surface area contributed by atoms with Crippen molar-refractivity contribution < 1.29 is 17.9 Å². The summed E-state index contributed by atoms with van der Waals surface area (Å²) < 4.78 is 34.5. The van der Waals surface area contributed by atoms with Crippen LogP contribution in [0.4, 0.5) is 0 Å². The van der Waals surface area contributed by atoms with Gasteiger partial charge in [-0.2, -0.15) is 12.7 Å². The van der Waals surface area contributed by atoms with Gasteiger partial charge >= 0.3 is 10.2 Å². The number of nitrogens with zero attached hydrogens (tertiary/aromatic N) is 3. The second-order valence-corrected chi connectivity index (χ2v) is 8.47. The monoisotopic (exact) mass is 355 g/mol. The molecule has 24 heavy (non-hydrogen) atoms. The highest BCUT2D eigenvalue weighted by atomic mass is 32.2. The number of hydrogen-bond acceptors (Lipinski definition) is 5. The van der Waals surface area contributed by atoms with Crippen molar-refractivity contribution in [2.24, 2.45) is 0 Å². The molecule has 8 heteroatoms. The quantitative estimate of drug-likeness (QED) is 0.741. The summed E-state index contributed by atoms with van der Waals surface area (Å²) in [5.41, 5.74) is -0.267. The Morgan fingerprint density at radius 3 is 2.42 bits per heavy atom. The first-order valence-electron chi connectivity index (χ1n) is 8.48. The van der Waals surface area contributed by atoms with Crippen LogP contribution in [0.1, 0.15) is 37.8 Å². The van der Waals surface area contributed by atoms with Crippen molar-refractivity contribution in [2.45, 2.75) is 37.7 Å². The second-order valence-electron chi connectivity index (χ2n) is 6.67. The Labute approximate surface area is 143 Å². The molecule has 0 unspecified atom stereocenters. The molecule has 3 rings (SSSR count). The van der Waals surface area contributed by atoms with Gasteiger partial charge in [0.1, 0.15) is 0 Å². The highest BCUT2D eigenvalue weighted by molar-refractivity contribution is 7.87. The van der Waals surface area contributed by atoms with Crippen LogP contribution in [0.3, 0.4) is 0 Å². The van der Waals surface area contributed by atoms with Gasteiger partial charge in [-0.1, -0.05) is 6.42 Å². The van der Waals surface area contributed by atoms with Crippen LogP contribution in [0.2, 0.25) is 0 Å². The van der Waals surface area contributed by atoms with Gasteiger partial charge in [-0.15, -0.1) is 0 Å². The normalized spacial score (nSPS) is 23.0. The maximum absolute atomic E-state index is 13.1. The minimum atomic E-state index is -3.65. The first-order chi connectivity index (χ1) is 11.5. The van der Waals surface area contributed by atoms with Crippen LogP contribution < -0.4 is 0 Å². The summed E-state index contributed by atoms with van der Waals surface area (Å²) in [6.07, 6.45) is 5.81. The largest absolute Gasteiger partial charge is 0.455 e. The third kappa shape index (κ3) is 3.10. The van der Waals surface area contributed by atoms with Crippen molar-refractivity contribution in [3.05, 3.63) is 24.0 Å². The zero-order chi connectivity index (χ0) is 17.2. The fraction of sp³-hybridized carbons (Fsp3) is 0.688. The van der Waals surface area contributed by atoms with E-state index in [0.29, 0.717) is 51.2 Å². The predicted molar refractivity (Wildman–Crippen MR) is 89.7 cm³/mol. The topological polar surface area (TPSA) is 71.8 Å². The van der Waals surface area contributed by atoms with Crippen molar-refractivity contribution in [1.29, 1.82) is 0 Å². The third-order valence-corrected chi connectivity index (χ3v) is 6.99. The van der Waals surface area contributed by atoms with Crippen molar-refractivity contribution in [3.8, 4) is 0 Å². The zero-order valence-electron chi connectivity index (χ0n) is 14.1. The molecule has 0 aromatic carbocycles. The molecule has 134 valence electrons. The molecule has 0 bridgehead atoms. The minimum Gasteiger partial charge on any atom is -0.455 e. The SMILES string of the molecule is CN1CCN(S(=O)(=O)n2cccc2C2(OC=O)CCCCC2)CC1. The molecule has 0 radical (unpaired) electrons. The van der Waals surface area contributed by atoms with E-state index in [1.165, 1.54) is 8.28 Å². The molecule has 0 atom stereocenters. The van der Waals surface area contributed by atoms with E-state index >= 15 is 0 Å². The van der Waals surface area contributed by atoms with Gasteiger partial charge < -0.3 is 9.64 Å². The summed E-state index contributed by atoms with van der Waals surface area (Å²) in [5, 5.41) is 0. The number of carbonyl (C=O) groups excluding carboxylic acids is 1. The van der Waals surface area contributed by atoms with Crippen molar-refractivity contribution in [2.75, 3.05) is 33.2 Å². The minimum absolute atomic E-state index is 0.450. The molecular weight excluding hydrogens is 330 g/mol. The maximum atomic E-state index is 13.1. The van der Waals surface area contributed by atoms with Crippen LogP contribution in [-0.2, 0) is 25.3 Å². The third-order valence-electron chi connectivity index (χ3n) is 5.15. The lowest BCUT2D eigenvalue weighted by molar-refractivity contribution is -0.149. The fourth-order valence-electron chi connectivity index (χ4n) is 3.71. The molecule has 1 aromatic heterocycles. The van der Waals surface area contributed by atoms with E-state index < -0.39 is 15.8 Å². The highest BCUT2D eigenvalue weighted by Crippen LogP contribution is 2.40. The standard InChI is InChI=1S/C16H25N3O4S/c1-17-10-12-18(13-11-17)24(21,22)19-9-5-6-15(19)16(23-14-20)7-3-2-4-8-16/h5-6,9,14H,2-4,7-8,10-13H2,1H3. The summed E-state index contributed by atoms with van der Waals surface area (Å²) in [6, 6.07) is 3.48. The zero-order valence-corrected chi connectivity index (χ0v) is 14.9. The molecule has 2 heterocycles. The average molecular weight is 355 g/mol.